The molecule has 16 aromatic carbocycles. The summed E-state index contributed by atoms with van der Waals surface area (Å²) in [5.41, 5.74) is 26.2. The summed E-state index contributed by atoms with van der Waals surface area (Å²) in [6.07, 6.45) is 0. The number of hydrogen-bond acceptors (Lipinski definition) is 8. The summed E-state index contributed by atoms with van der Waals surface area (Å²) in [6, 6.07) is 145. The summed E-state index contributed by atoms with van der Waals surface area (Å²) < 4.78 is 4.34. The van der Waals surface area contributed by atoms with Crippen LogP contribution in [0.2, 0.25) is 0 Å². The largest absolute Gasteiger partial charge is 0.311 e. The SMILES string of the molecule is CC1(C)c2ccccc2-c2ccc(-c3nc(-c4ccc(-c5ccccc5N(c5ccccc5)c5ccccc5)cc4)nc(-n4c5ccccc5c5ccccc54)n3)cc21.c1ccc(-c2cccc(-c3nc(-c4ccc(-c5ccc(N(c6ccccc6)c6ccccc6)cc5)cc4)nc(-n4c5ccccc5c5ccccc54)n3)c2)cc1. The van der Waals surface area contributed by atoms with Crippen LogP contribution in [0, 0.1) is 0 Å². The van der Waals surface area contributed by atoms with E-state index in [0.29, 0.717) is 35.2 Å². The first-order valence-corrected chi connectivity index (χ1v) is 38.9. The molecule has 0 fully saturated rings. The van der Waals surface area contributed by atoms with Gasteiger partial charge in [0.25, 0.3) is 0 Å². The number of aromatic nitrogens is 8. The number of fused-ring (bicyclic) bond motifs is 9. The maximum atomic E-state index is 5.28. The van der Waals surface area contributed by atoms with E-state index in [0.717, 1.165) is 133 Å². The van der Waals surface area contributed by atoms with Crippen LogP contribution >= 0.6 is 0 Å². The molecule has 0 saturated heterocycles. The predicted molar refractivity (Wildman–Crippen MR) is 473 cm³/mol. The van der Waals surface area contributed by atoms with Crippen molar-refractivity contribution in [3.8, 4) is 102 Å². The monoisotopic (exact) mass is 1470 g/mol. The van der Waals surface area contributed by atoms with Gasteiger partial charge in [0.1, 0.15) is 0 Å². The first kappa shape index (κ1) is 69.0. The highest BCUT2D eigenvalue weighted by Crippen LogP contribution is 2.50. The van der Waals surface area contributed by atoms with E-state index in [1.165, 1.54) is 22.3 Å². The van der Waals surface area contributed by atoms with E-state index >= 15 is 0 Å². The molecule has 0 bridgehead atoms. The number of rotatable bonds is 15. The van der Waals surface area contributed by atoms with Gasteiger partial charge in [0.2, 0.25) is 11.9 Å². The minimum atomic E-state index is -0.157. The number of hydrogen-bond donors (Lipinski definition) is 0. The Hall–Kier alpha value is -15.3. The van der Waals surface area contributed by atoms with E-state index in [-0.39, 0.29) is 5.41 Å². The van der Waals surface area contributed by atoms with Gasteiger partial charge in [-0.1, -0.05) is 323 Å². The lowest BCUT2D eigenvalue weighted by Gasteiger charge is -2.27. The van der Waals surface area contributed by atoms with Gasteiger partial charge in [-0.25, -0.2) is 9.97 Å². The van der Waals surface area contributed by atoms with E-state index in [9.17, 15) is 0 Å². The van der Waals surface area contributed by atoms with Crippen molar-refractivity contribution in [3.63, 3.8) is 0 Å². The molecule has 10 nitrogen and oxygen atoms in total. The van der Waals surface area contributed by atoms with Gasteiger partial charge in [0.05, 0.1) is 27.8 Å². The molecule has 0 spiro atoms. The minimum absolute atomic E-state index is 0.157. The van der Waals surface area contributed by atoms with Crippen molar-refractivity contribution < 1.29 is 0 Å². The molecule has 0 atom stereocenters. The van der Waals surface area contributed by atoms with E-state index in [2.05, 4.69) is 427 Å². The second kappa shape index (κ2) is 29.5. The summed E-state index contributed by atoms with van der Waals surface area (Å²) in [5, 5.41) is 4.63. The summed E-state index contributed by atoms with van der Waals surface area (Å²) in [6.45, 7) is 4.62. The normalized spacial score (nSPS) is 12.0. The fraction of sp³-hybridized carbons (Fsp3) is 0.0286. The van der Waals surface area contributed by atoms with Crippen molar-refractivity contribution in [2.24, 2.45) is 0 Å². The topological polar surface area (TPSA) is 93.7 Å². The summed E-state index contributed by atoms with van der Waals surface area (Å²) >= 11 is 0. The van der Waals surface area contributed by atoms with Crippen LogP contribution in [0.4, 0.5) is 34.1 Å². The number of nitrogens with zero attached hydrogens (tertiary/aromatic N) is 10. The van der Waals surface area contributed by atoms with Gasteiger partial charge in [-0.15, -0.1) is 0 Å². The van der Waals surface area contributed by atoms with Crippen LogP contribution < -0.4 is 9.80 Å². The molecule has 1 aliphatic carbocycles. The quantitative estimate of drug-likeness (QED) is 0.100. The zero-order chi connectivity index (χ0) is 76.8. The zero-order valence-corrected chi connectivity index (χ0v) is 63.2. The molecule has 4 aromatic heterocycles. The average Bonchev–Trinajstić information content (AvgIpc) is 1.64. The second-order valence-corrected chi connectivity index (χ2v) is 29.4. The Bertz CT molecular complexity index is 6780. The molecule has 10 heteroatoms. The van der Waals surface area contributed by atoms with Crippen molar-refractivity contribution >= 4 is 77.7 Å². The Morgan fingerprint density at radius 3 is 1.00 bits per heavy atom. The minimum Gasteiger partial charge on any atom is -0.311 e. The molecule has 21 rings (SSSR count). The molecule has 544 valence electrons. The first-order chi connectivity index (χ1) is 56.8. The van der Waals surface area contributed by atoms with Crippen molar-refractivity contribution in [1.82, 2.24) is 39.0 Å². The third-order valence-electron chi connectivity index (χ3n) is 22.1. The average molecular weight is 1480 g/mol. The zero-order valence-electron chi connectivity index (χ0n) is 63.2. The van der Waals surface area contributed by atoms with E-state index in [4.69, 9.17) is 29.9 Å². The molecular weight excluding hydrogens is 1400 g/mol. The highest BCUT2D eigenvalue weighted by molar-refractivity contribution is 6.10. The molecule has 4 heterocycles. The Kier molecular flexibility index (Phi) is 17.7. The van der Waals surface area contributed by atoms with Crippen LogP contribution in [0.15, 0.2) is 413 Å². The fourth-order valence-corrected chi connectivity index (χ4v) is 16.5. The summed E-state index contributed by atoms with van der Waals surface area (Å²) in [7, 11) is 0. The fourth-order valence-electron chi connectivity index (χ4n) is 16.5. The lowest BCUT2D eigenvalue weighted by Crippen LogP contribution is -2.15. The Morgan fingerprint density at radius 1 is 0.209 bits per heavy atom. The maximum absolute atomic E-state index is 5.28. The molecule has 20 aromatic rings. The lowest BCUT2D eigenvalue weighted by molar-refractivity contribution is 0.660. The van der Waals surface area contributed by atoms with Crippen molar-refractivity contribution in [1.29, 1.82) is 0 Å². The number of benzene rings is 16. The van der Waals surface area contributed by atoms with E-state index in [1.807, 2.05) is 18.2 Å². The van der Waals surface area contributed by atoms with Gasteiger partial charge in [0, 0.05) is 83.2 Å². The summed E-state index contributed by atoms with van der Waals surface area (Å²) in [5.74, 6) is 3.64. The summed E-state index contributed by atoms with van der Waals surface area (Å²) in [4.78, 5) is 35.9. The molecule has 0 N–H and O–H groups in total. The van der Waals surface area contributed by atoms with Gasteiger partial charge >= 0.3 is 0 Å². The predicted octanol–water partition coefficient (Wildman–Crippen LogP) is 26.9. The molecule has 0 saturated carbocycles. The Labute approximate surface area is 667 Å². The van der Waals surface area contributed by atoms with Crippen LogP contribution in [0.25, 0.3) is 146 Å². The van der Waals surface area contributed by atoms with E-state index in [1.54, 1.807) is 0 Å². The van der Waals surface area contributed by atoms with Crippen molar-refractivity contribution in [2.45, 2.75) is 19.3 Å². The second-order valence-electron chi connectivity index (χ2n) is 29.4. The molecule has 0 amide bonds. The third kappa shape index (κ3) is 12.9. The van der Waals surface area contributed by atoms with Gasteiger partial charge in [-0.2, -0.15) is 19.9 Å². The molecular formula is C105H74N10. The Balaban J connectivity index is 0.000000149. The van der Waals surface area contributed by atoms with Crippen LogP contribution in [-0.4, -0.2) is 39.0 Å². The third-order valence-corrected chi connectivity index (χ3v) is 22.1. The maximum Gasteiger partial charge on any atom is 0.238 e. The highest BCUT2D eigenvalue weighted by atomic mass is 15.2. The van der Waals surface area contributed by atoms with Gasteiger partial charge in [0.15, 0.2) is 23.3 Å². The lowest BCUT2D eigenvalue weighted by atomic mass is 9.82. The molecule has 0 unspecified atom stereocenters. The van der Waals surface area contributed by atoms with Gasteiger partial charge in [-0.05, 0) is 153 Å². The molecule has 115 heavy (non-hydrogen) atoms. The standard InChI is InChI=1S/C54H39N5.C51H35N5/c1-54(2)46-25-13-9-22-42(46)43-34-33-38(35-47(43)54)52-55-51(56-53(57-52)59-49-27-15-11-23-44(49)45-24-12-16-28-50(45)59)37-31-29-36(30-32-37)41-21-10-14-26-48(41)58(39-17-5-3-6-18-39)40-19-7-4-8-20-40;1-4-15-36(16-5-1)40-17-14-18-41(35-40)50-52-49(53-51(54-50)56-47-25-12-10-23-45(47)46-24-11-13-26-48(46)56)39-29-27-37(28-30-39)38-31-33-44(34-32-38)55(42-19-6-2-7-20-42)43-21-8-3-9-22-43/h3-35H,1-2H3;1-35H. The first-order valence-electron chi connectivity index (χ1n) is 38.9. The smallest absolute Gasteiger partial charge is 0.238 e. The van der Waals surface area contributed by atoms with Crippen LogP contribution in [-0.2, 0) is 5.41 Å². The van der Waals surface area contributed by atoms with Gasteiger partial charge < -0.3 is 9.80 Å². The van der Waals surface area contributed by atoms with Crippen LogP contribution in [0.5, 0.6) is 0 Å². The molecule has 0 radical (unpaired) electrons. The molecule has 1 aliphatic rings. The van der Waals surface area contributed by atoms with Crippen molar-refractivity contribution in [3.05, 3.63) is 424 Å². The van der Waals surface area contributed by atoms with Crippen molar-refractivity contribution in [2.75, 3.05) is 9.80 Å². The van der Waals surface area contributed by atoms with Gasteiger partial charge in [-0.3, -0.25) is 9.13 Å². The van der Waals surface area contributed by atoms with Crippen LogP contribution in [0.3, 0.4) is 0 Å². The molecule has 0 aliphatic heterocycles. The number of para-hydroxylation sites is 9. The van der Waals surface area contributed by atoms with Crippen LogP contribution in [0.1, 0.15) is 25.0 Å². The Morgan fingerprint density at radius 2 is 0.522 bits per heavy atom. The van der Waals surface area contributed by atoms with E-state index < -0.39 is 0 Å². The highest BCUT2D eigenvalue weighted by Gasteiger charge is 2.36. The number of anilines is 6.